The summed E-state index contributed by atoms with van der Waals surface area (Å²) in [5, 5.41) is 11.2. The number of hydrogen-bond donors (Lipinski definition) is 1. The van der Waals surface area contributed by atoms with Gasteiger partial charge < -0.3 is 9.84 Å². The van der Waals surface area contributed by atoms with Gasteiger partial charge in [0.05, 0.1) is 11.6 Å². The number of hydrogen-bond acceptors (Lipinski definition) is 2. The van der Waals surface area contributed by atoms with Crippen molar-refractivity contribution in [1.82, 2.24) is 0 Å². The molecule has 0 aromatic heterocycles. The highest BCUT2D eigenvalue weighted by Gasteiger charge is 2.20. The summed E-state index contributed by atoms with van der Waals surface area (Å²) in [6.07, 6.45) is -0.874. The summed E-state index contributed by atoms with van der Waals surface area (Å²) in [7, 11) is 0. The van der Waals surface area contributed by atoms with Crippen LogP contribution < -0.4 is 4.74 Å². The van der Waals surface area contributed by atoms with Gasteiger partial charge in [-0.2, -0.15) is 0 Å². The molecule has 0 radical (unpaired) electrons. The normalized spacial score (nSPS) is 12.2. The van der Waals surface area contributed by atoms with Crippen molar-refractivity contribution in [3.8, 4) is 5.75 Å². The molecular weight excluding hydrogens is 283 g/mol. The minimum Gasteiger partial charge on any atom is -0.492 e. The first-order valence-electron chi connectivity index (χ1n) is 5.98. The molecule has 0 fully saturated rings. The molecule has 0 heterocycles. The van der Waals surface area contributed by atoms with Gasteiger partial charge in [-0.1, -0.05) is 53.5 Å². The maximum absolute atomic E-state index is 10.4. The van der Waals surface area contributed by atoms with E-state index >= 15 is 0 Å². The fraction of sp³-hybridized carbons (Fsp3) is 0.200. The van der Waals surface area contributed by atoms with Crippen molar-refractivity contribution in [1.29, 1.82) is 0 Å². The fourth-order valence-electron chi connectivity index (χ4n) is 1.87. The molecule has 0 spiro atoms. The van der Waals surface area contributed by atoms with E-state index in [-0.39, 0.29) is 0 Å². The smallest absolute Gasteiger partial charge is 0.138 e. The minimum atomic E-state index is -0.874. The second-order valence-electron chi connectivity index (χ2n) is 4.02. The number of ether oxygens (including phenoxy) is 1. The van der Waals surface area contributed by atoms with Crippen molar-refractivity contribution in [2.24, 2.45) is 0 Å². The monoisotopic (exact) mass is 296 g/mol. The van der Waals surface area contributed by atoms with Crippen molar-refractivity contribution >= 4 is 23.2 Å². The molecule has 19 heavy (non-hydrogen) atoms. The lowest BCUT2D eigenvalue weighted by Crippen LogP contribution is -2.03. The highest BCUT2D eigenvalue weighted by Crippen LogP contribution is 2.39. The van der Waals surface area contributed by atoms with E-state index in [0.29, 0.717) is 28.0 Å². The van der Waals surface area contributed by atoms with Crippen molar-refractivity contribution in [2.45, 2.75) is 13.0 Å². The molecule has 0 bridgehead atoms. The Bertz CT molecular complexity index is 556. The Balaban J connectivity index is 2.46. The minimum absolute atomic E-state index is 0.353. The van der Waals surface area contributed by atoms with Crippen LogP contribution in [0.1, 0.15) is 24.2 Å². The van der Waals surface area contributed by atoms with Crippen LogP contribution in [0.5, 0.6) is 5.75 Å². The van der Waals surface area contributed by atoms with Crippen LogP contribution in [-0.2, 0) is 0 Å². The summed E-state index contributed by atoms with van der Waals surface area (Å²) in [6.45, 7) is 2.38. The maximum Gasteiger partial charge on any atom is 0.138 e. The number of halogens is 2. The Kier molecular flexibility index (Phi) is 4.70. The zero-order valence-electron chi connectivity index (χ0n) is 10.4. The van der Waals surface area contributed by atoms with Gasteiger partial charge in [0.2, 0.25) is 0 Å². The molecule has 1 N–H and O–H groups in total. The van der Waals surface area contributed by atoms with Gasteiger partial charge in [-0.3, -0.25) is 0 Å². The lowest BCUT2D eigenvalue weighted by molar-refractivity contribution is 0.219. The third-order valence-corrected chi connectivity index (χ3v) is 3.50. The van der Waals surface area contributed by atoms with E-state index in [9.17, 15) is 5.11 Å². The third kappa shape index (κ3) is 3.03. The molecule has 1 unspecified atom stereocenters. The predicted molar refractivity (Wildman–Crippen MR) is 78.1 cm³/mol. The zero-order valence-corrected chi connectivity index (χ0v) is 11.9. The molecule has 0 saturated carbocycles. The number of aliphatic hydroxyl groups excluding tert-OH is 1. The Hall–Kier alpha value is -1.22. The van der Waals surface area contributed by atoms with E-state index in [1.54, 1.807) is 12.1 Å². The first-order valence-corrected chi connectivity index (χ1v) is 6.74. The molecule has 2 nitrogen and oxygen atoms in total. The highest BCUT2D eigenvalue weighted by atomic mass is 35.5. The zero-order chi connectivity index (χ0) is 13.8. The van der Waals surface area contributed by atoms with Gasteiger partial charge in [-0.15, -0.1) is 0 Å². The predicted octanol–water partition coefficient (Wildman–Crippen LogP) is 4.47. The van der Waals surface area contributed by atoms with Gasteiger partial charge in [0, 0.05) is 10.6 Å². The molecule has 0 amide bonds. The Labute approximate surface area is 122 Å². The summed E-state index contributed by atoms with van der Waals surface area (Å²) < 4.78 is 5.42. The Morgan fingerprint density at radius 2 is 1.79 bits per heavy atom. The second-order valence-corrected chi connectivity index (χ2v) is 4.80. The third-order valence-electron chi connectivity index (χ3n) is 2.78. The summed E-state index contributed by atoms with van der Waals surface area (Å²) in [6, 6.07) is 12.6. The Morgan fingerprint density at radius 3 is 2.42 bits per heavy atom. The molecular formula is C15H14Cl2O2. The molecule has 1 atom stereocenters. The van der Waals surface area contributed by atoms with Crippen LogP contribution in [0.25, 0.3) is 0 Å². The van der Waals surface area contributed by atoms with Crippen LogP contribution in [0.2, 0.25) is 10.0 Å². The summed E-state index contributed by atoms with van der Waals surface area (Å²) in [5.74, 6) is 0.526. The lowest BCUT2D eigenvalue weighted by atomic mass is 10.0. The van der Waals surface area contributed by atoms with Crippen molar-refractivity contribution in [3.63, 3.8) is 0 Å². The van der Waals surface area contributed by atoms with E-state index in [1.807, 2.05) is 37.3 Å². The number of benzene rings is 2. The highest BCUT2D eigenvalue weighted by molar-refractivity contribution is 6.37. The van der Waals surface area contributed by atoms with E-state index in [0.717, 1.165) is 5.56 Å². The molecule has 2 aromatic rings. The molecule has 0 aliphatic rings. The van der Waals surface area contributed by atoms with Crippen LogP contribution in [0.3, 0.4) is 0 Å². The second kappa shape index (κ2) is 6.29. The van der Waals surface area contributed by atoms with E-state index in [2.05, 4.69) is 0 Å². The summed E-state index contributed by atoms with van der Waals surface area (Å²) in [4.78, 5) is 0. The van der Waals surface area contributed by atoms with Gasteiger partial charge in [0.25, 0.3) is 0 Å². The van der Waals surface area contributed by atoms with E-state index < -0.39 is 6.10 Å². The van der Waals surface area contributed by atoms with Crippen molar-refractivity contribution in [3.05, 3.63) is 63.6 Å². The van der Waals surface area contributed by atoms with Gasteiger partial charge in [0.15, 0.2) is 0 Å². The van der Waals surface area contributed by atoms with Crippen molar-refractivity contribution in [2.75, 3.05) is 6.61 Å². The first kappa shape index (κ1) is 14.2. The SMILES string of the molecule is CCOc1ccc(Cl)c(C(O)c2ccccc2)c1Cl. The quantitative estimate of drug-likeness (QED) is 0.902. The van der Waals surface area contributed by atoms with E-state index in [4.69, 9.17) is 27.9 Å². The first-order chi connectivity index (χ1) is 9.15. The van der Waals surface area contributed by atoms with Gasteiger partial charge in [-0.05, 0) is 24.6 Å². The molecule has 0 aliphatic heterocycles. The topological polar surface area (TPSA) is 29.5 Å². The van der Waals surface area contributed by atoms with E-state index in [1.165, 1.54) is 0 Å². The lowest BCUT2D eigenvalue weighted by Gasteiger charge is -2.17. The summed E-state index contributed by atoms with van der Waals surface area (Å²) in [5.41, 5.74) is 1.21. The molecule has 0 aliphatic carbocycles. The summed E-state index contributed by atoms with van der Waals surface area (Å²) >= 11 is 12.4. The molecule has 0 saturated heterocycles. The van der Waals surface area contributed by atoms with Crippen LogP contribution in [0.4, 0.5) is 0 Å². The van der Waals surface area contributed by atoms with Gasteiger partial charge >= 0.3 is 0 Å². The maximum atomic E-state index is 10.4. The molecule has 2 rings (SSSR count). The fourth-order valence-corrected chi connectivity index (χ4v) is 2.50. The average Bonchev–Trinajstić information content (AvgIpc) is 2.43. The van der Waals surface area contributed by atoms with Crippen molar-refractivity contribution < 1.29 is 9.84 Å². The van der Waals surface area contributed by atoms with Crippen LogP contribution in [0.15, 0.2) is 42.5 Å². The van der Waals surface area contributed by atoms with Crippen LogP contribution >= 0.6 is 23.2 Å². The Morgan fingerprint density at radius 1 is 1.11 bits per heavy atom. The number of aliphatic hydroxyl groups is 1. The standard InChI is InChI=1S/C15H14Cl2O2/c1-2-19-12-9-8-11(16)13(14(12)17)15(18)10-6-4-3-5-7-10/h3-9,15,18H,2H2,1H3. The van der Waals surface area contributed by atoms with Gasteiger partial charge in [-0.25, -0.2) is 0 Å². The van der Waals surface area contributed by atoms with Crippen LogP contribution in [-0.4, -0.2) is 11.7 Å². The molecule has 100 valence electrons. The van der Waals surface area contributed by atoms with Crippen LogP contribution in [0, 0.1) is 0 Å². The average molecular weight is 297 g/mol. The molecule has 4 heteroatoms. The van der Waals surface area contributed by atoms with Gasteiger partial charge in [0.1, 0.15) is 11.9 Å². The number of rotatable bonds is 4. The largest absolute Gasteiger partial charge is 0.492 e. The molecule has 2 aromatic carbocycles.